The first-order valence-electron chi connectivity index (χ1n) is 9.85. The van der Waals surface area contributed by atoms with Crippen LogP contribution in [0.4, 0.5) is 5.13 Å². The Kier molecular flexibility index (Phi) is 7.27. The number of esters is 2. The Balaban J connectivity index is 1.65. The summed E-state index contributed by atoms with van der Waals surface area (Å²) in [5.74, 6) is -2.36. The molecule has 0 aliphatic carbocycles. The lowest BCUT2D eigenvalue weighted by atomic mass is 9.87. The van der Waals surface area contributed by atoms with Crippen LogP contribution in [0.1, 0.15) is 19.5 Å². The van der Waals surface area contributed by atoms with Crippen LogP contribution in [0.2, 0.25) is 0 Å². The Morgan fingerprint density at radius 1 is 1.55 bits per heavy atom. The van der Waals surface area contributed by atoms with Crippen LogP contribution >= 0.6 is 23.1 Å². The average Bonchev–Trinajstić information content (AvgIpc) is 3.23. The predicted molar refractivity (Wildman–Crippen MR) is 120 cm³/mol. The Hall–Kier alpha value is -3.13. The number of hydrogen-bond acceptors (Lipinski definition) is 12. The van der Waals surface area contributed by atoms with Gasteiger partial charge in [-0.1, -0.05) is 11.2 Å². The molecule has 1 aromatic heterocycles. The molecule has 0 aromatic carbocycles. The molecule has 2 saturated heterocycles. The summed E-state index contributed by atoms with van der Waals surface area (Å²) >= 11 is 2.33. The number of thioether (sulfide) groups is 1. The topological polar surface area (TPSA) is 174 Å². The van der Waals surface area contributed by atoms with Gasteiger partial charge in [0.2, 0.25) is 5.91 Å². The van der Waals surface area contributed by atoms with E-state index in [0.29, 0.717) is 0 Å². The van der Waals surface area contributed by atoms with Crippen molar-refractivity contribution in [2.75, 3.05) is 24.6 Å². The zero-order chi connectivity index (χ0) is 24.3. The molecule has 178 valence electrons. The number of β-lactam (4-membered cyclic amide) rings is 1. The van der Waals surface area contributed by atoms with Crippen molar-refractivity contribution in [1.29, 1.82) is 0 Å². The van der Waals surface area contributed by atoms with Crippen molar-refractivity contribution < 1.29 is 33.9 Å². The first-order valence-corrected chi connectivity index (χ1v) is 11.8. The van der Waals surface area contributed by atoms with E-state index in [1.165, 1.54) is 35.0 Å². The van der Waals surface area contributed by atoms with Crippen LogP contribution in [0.25, 0.3) is 0 Å². The van der Waals surface area contributed by atoms with Crippen LogP contribution in [0.15, 0.2) is 23.2 Å². The summed E-state index contributed by atoms with van der Waals surface area (Å²) in [5.41, 5.74) is 4.04. The first kappa shape index (κ1) is 24.5. The Bertz CT molecular complexity index is 1010. The van der Waals surface area contributed by atoms with E-state index in [1.807, 2.05) is 0 Å². The molecule has 2 amide bonds. The minimum absolute atomic E-state index is 0.0166. The lowest BCUT2D eigenvalue weighted by Crippen LogP contribution is -2.74. The number of thiazole rings is 1. The van der Waals surface area contributed by atoms with Gasteiger partial charge in [0.25, 0.3) is 5.91 Å². The fourth-order valence-electron chi connectivity index (χ4n) is 3.33. The number of nitrogens with one attached hydrogen (secondary N) is 1. The standard InChI is InChI=1S/C19H23N5O7S2/c1-4-19(17(28)31-9(3)16(27)30-5-2)7-24-14(26)12(15(24)33-8-19)22-13(25)11(23-29)10-6-32-18(20)21-10/h4,6,9,12,15,29H,1,5,7-8H2,2-3H3,(H2,20,21)(H,22,25)/t9?,12?,15-,19?/m1/s1. The summed E-state index contributed by atoms with van der Waals surface area (Å²) in [6.45, 7) is 6.89. The highest BCUT2D eigenvalue weighted by molar-refractivity contribution is 8.00. The fourth-order valence-corrected chi connectivity index (χ4v) is 5.41. The van der Waals surface area contributed by atoms with Crippen LogP contribution in [-0.4, -0.2) is 81.0 Å². The van der Waals surface area contributed by atoms with E-state index >= 15 is 0 Å². The minimum atomic E-state index is -1.22. The van der Waals surface area contributed by atoms with E-state index in [1.54, 1.807) is 6.92 Å². The van der Waals surface area contributed by atoms with E-state index in [0.717, 1.165) is 11.3 Å². The minimum Gasteiger partial charge on any atom is -0.463 e. The molecule has 4 N–H and O–H groups in total. The second-order valence-electron chi connectivity index (χ2n) is 7.30. The molecular formula is C19H23N5O7S2. The third-order valence-electron chi connectivity index (χ3n) is 5.17. The van der Waals surface area contributed by atoms with Crippen molar-refractivity contribution in [3.63, 3.8) is 0 Å². The summed E-state index contributed by atoms with van der Waals surface area (Å²) in [4.78, 5) is 55.2. The van der Waals surface area contributed by atoms with Crippen LogP contribution in [0.5, 0.6) is 0 Å². The number of oxime groups is 1. The van der Waals surface area contributed by atoms with Crippen molar-refractivity contribution in [3.8, 4) is 0 Å². The number of nitrogens with two attached hydrogens (primary N) is 1. The molecule has 4 atom stereocenters. The summed E-state index contributed by atoms with van der Waals surface area (Å²) < 4.78 is 10.1. The fraction of sp³-hybridized carbons (Fsp3) is 0.474. The molecule has 3 rings (SSSR count). The number of rotatable bonds is 8. The molecule has 0 bridgehead atoms. The van der Waals surface area contributed by atoms with Gasteiger partial charge in [-0.2, -0.15) is 0 Å². The highest BCUT2D eigenvalue weighted by Gasteiger charge is 2.57. The maximum atomic E-state index is 12.8. The van der Waals surface area contributed by atoms with Gasteiger partial charge in [-0.05, 0) is 13.8 Å². The van der Waals surface area contributed by atoms with Gasteiger partial charge in [-0.3, -0.25) is 14.4 Å². The normalized spacial score (nSPS) is 25.3. The van der Waals surface area contributed by atoms with Gasteiger partial charge in [-0.15, -0.1) is 29.7 Å². The molecule has 2 fully saturated rings. The molecule has 1 aromatic rings. The van der Waals surface area contributed by atoms with Crippen LogP contribution < -0.4 is 11.1 Å². The van der Waals surface area contributed by atoms with E-state index in [4.69, 9.17) is 15.2 Å². The van der Waals surface area contributed by atoms with E-state index in [9.17, 15) is 24.4 Å². The van der Waals surface area contributed by atoms with Gasteiger partial charge in [0.1, 0.15) is 22.5 Å². The Morgan fingerprint density at radius 2 is 2.27 bits per heavy atom. The summed E-state index contributed by atoms with van der Waals surface area (Å²) in [5, 5.41) is 15.9. The molecule has 3 heterocycles. The first-order chi connectivity index (χ1) is 15.7. The molecule has 0 radical (unpaired) electrons. The molecule has 14 heteroatoms. The summed E-state index contributed by atoms with van der Waals surface area (Å²) in [7, 11) is 0. The number of aromatic nitrogens is 1. The monoisotopic (exact) mass is 497 g/mol. The maximum absolute atomic E-state index is 12.8. The number of carbonyl (C=O) groups excluding carboxylic acids is 4. The molecular weight excluding hydrogens is 474 g/mol. The lowest BCUT2D eigenvalue weighted by molar-refractivity contribution is -0.173. The van der Waals surface area contributed by atoms with Crippen molar-refractivity contribution in [2.45, 2.75) is 31.4 Å². The van der Waals surface area contributed by atoms with Crippen molar-refractivity contribution in [2.24, 2.45) is 10.6 Å². The predicted octanol–water partition coefficient (Wildman–Crippen LogP) is -0.0293. The van der Waals surface area contributed by atoms with Gasteiger partial charge in [0.15, 0.2) is 16.9 Å². The van der Waals surface area contributed by atoms with Gasteiger partial charge < -0.3 is 30.6 Å². The number of nitrogens with zero attached hydrogens (tertiary/aromatic N) is 3. The molecule has 33 heavy (non-hydrogen) atoms. The van der Waals surface area contributed by atoms with Crippen molar-refractivity contribution in [1.82, 2.24) is 15.2 Å². The number of carbonyl (C=O) groups is 4. The van der Waals surface area contributed by atoms with Crippen molar-refractivity contribution >= 4 is 57.7 Å². The number of ether oxygens (including phenoxy) is 2. The van der Waals surface area contributed by atoms with E-state index in [-0.39, 0.29) is 35.4 Å². The van der Waals surface area contributed by atoms with E-state index in [2.05, 4.69) is 22.0 Å². The maximum Gasteiger partial charge on any atom is 0.347 e. The molecule has 0 spiro atoms. The average molecular weight is 498 g/mol. The SMILES string of the molecule is C=CC1(C(=O)OC(C)C(=O)OCC)CS[C@@H]2C(NC(=O)C(=NO)c3csc(N)n3)C(=O)N2C1. The highest BCUT2D eigenvalue weighted by Crippen LogP contribution is 2.43. The smallest absolute Gasteiger partial charge is 0.347 e. The lowest BCUT2D eigenvalue weighted by Gasteiger charge is -2.53. The molecule has 3 unspecified atom stereocenters. The molecule has 2 aliphatic heterocycles. The largest absolute Gasteiger partial charge is 0.463 e. The molecule has 0 saturated carbocycles. The van der Waals surface area contributed by atoms with Gasteiger partial charge in [-0.25, -0.2) is 9.78 Å². The third kappa shape index (κ3) is 4.66. The zero-order valence-corrected chi connectivity index (χ0v) is 19.5. The van der Waals surface area contributed by atoms with Gasteiger partial charge >= 0.3 is 11.9 Å². The second-order valence-corrected chi connectivity index (χ2v) is 9.29. The molecule has 2 aliphatic rings. The number of hydrogen-bond donors (Lipinski definition) is 3. The number of nitrogen functional groups attached to an aromatic ring is 1. The summed E-state index contributed by atoms with van der Waals surface area (Å²) in [6, 6.07) is -0.882. The number of anilines is 1. The summed E-state index contributed by atoms with van der Waals surface area (Å²) in [6.07, 6.45) is 0.297. The quantitative estimate of drug-likeness (QED) is 0.110. The van der Waals surface area contributed by atoms with Gasteiger partial charge in [0, 0.05) is 17.7 Å². The third-order valence-corrected chi connectivity index (χ3v) is 7.40. The Labute approximate surface area is 197 Å². The van der Waals surface area contributed by atoms with Crippen LogP contribution in [-0.2, 0) is 28.7 Å². The number of amides is 2. The van der Waals surface area contributed by atoms with Crippen molar-refractivity contribution in [3.05, 3.63) is 23.7 Å². The van der Waals surface area contributed by atoms with Crippen LogP contribution in [0, 0.1) is 5.41 Å². The highest BCUT2D eigenvalue weighted by atomic mass is 32.2. The molecule has 12 nitrogen and oxygen atoms in total. The number of fused-ring (bicyclic) bond motifs is 1. The second kappa shape index (κ2) is 9.79. The van der Waals surface area contributed by atoms with Gasteiger partial charge in [0.05, 0.1) is 6.61 Å². The Morgan fingerprint density at radius 3 is 2.85 bits per heavy atom. The van der Waals surface area contributed by atoms with Crippen LogP contribution in [0.3, 0.4) is 0 Å². The zero-order valence-electron chi connectivity index (χ0n) is 17.8. The van der Waals surface area contributed by atoms with E-state index < -0.39 is 46.7 Å².